The Morgan fingerprint density at radius 3 is 2.44 bits per heavy atom. The molecule has 0 N–H and O–H groups in total. The van der Waals surface area contributed by atoms with Crippen LogP contribution < -0.4 is 0 Å². The second-order valence-corrected chi connectivity index (χ2v) is 6.10. The molecule has 2 saturated heterocycles. The van der Waals surface area contributed by atoms with Gasteiger partial charge in [-0.15, -0.1) is 0 Å². The van der Waals surface area contributed by atoms with Crippen LogP contribution >= 0.6 is 0 Å². The SMILES string of the molecule is C1COC(CCN2CCCC2C2CCCC2)OC1. The highest BCUT2D eigenvalue weighted by molar-refractivity contribution is 4.87. The molecule has 0 aromatic rings. The molecule has 3 nitrogen and oxygen atoms in total. The van der Waals surface area contributed by atoms with E-state index in [4.69, 9.17) is 9.47 Å². The Labute approximate surface area is 111 Å². The van der Waals surface area contributed by atoms with Crippen LogP contribution in [0.1, 0.15) is 51.4 Å². The van der Waals surface area contributed by atoms with E-state index in [9.17, 15) is 0 Å². The standard InChI is InChI=1S/C15H27NO2/c1-2-6-13(5-1)14-7-3-9-16(14)10-8-15-17-11-4-12-18-15/h13-15H,1-12H2. The Hall–Kier alpha value is -0.120. The first-order chi connectivity index (χ1) is 8.93. The van der Waals surface area contributed by atoms with Crippen molar-refractivity contribution in [1.29, 1.82) is 0 Å². The molecule has 1 aliphatic carbocycles. The lowest BCUT2D eigenvalue weighted by Gasteiger charge is -2.31. The average molecular weight is 253 g/mol. The highest BCUT2D eigenvalue weighted by Gasteiger charge is 2.33. The first kappa shape index (κ1) is 12.9. The van der Waals surface area contributed by atoms with Crippen molar-refractivity contribution in [1.82, 2.24) is 4.90 Å². The van der Waals surface area contributed by atoms with E-state index in [1.807, 2.05) is 0 Å². The lowest BCUT2D eigenvalue weighted by Crippen LogP contribution is -2.38. The van der Waals surface area contributed by atoms with Crippen molar-refractivity contribution in [3.63, 3.8) is 0 Å². The van der Waals surface area contributed by atoms with Gasteiger partial charge in [-0.3, -0.25) is 4.90 Å². The molecule has 0 radical (unpaired) electrons. The maximum absolute atomic E-state index is 5.65. The van der Waals surface area contributed by atoms with Crippen LogP contribution in [0.4, 0.5) is 0 Å². The summed E-state index contributed by atoms with van der Waals surface area (Å²) < 4.78 is 11.3. The third-order valence-electron chi connectivity index (χ3n) is 4.91. The molecule has 1 saturated carbocycles. The largest absolute Gasteiger partial charge is 0.353 e. The second kappa shape index (κ2) is 6.36. The molecule has 3 fully saturated rings. The van der Waals surface area contributed by atoms with Gasteiger partial charge < -0.3 is 9.47 Å². The van der Waals surface area contributed by atoms with Crippen LogP contribution in [-0.2, 0) is 9.47 Å². The maximum Gasteiger partial charge on any atom is 0.158 e. The van der Waals surface area contributed by atoms with Crippen molar-refractivity contribution in [2.45, 2.75) is 63.7 Å². The minimum Gasteiger partial charge on any atom is -0.353 e. The van der Waals surface area contributed by atoms with Gasteiger partial charge in [-0.2, -0.15) is 0 Å². The van der Waals surface area contributed by atoms with Crippen molar-refractivity contribution >= 4 is 0 Å². The second-order valence-electron chi connectivity index (χ2n) is 6.10. The molecule has 2 aliphatic heterocycles. The summed E-state index contributed by atoms with van der Waals surface area (Å²) in [7, 11) is 0. The van der Waals surface area contributed by atoms with Crippen molar-refractivity contribution in [3.8, 4) is 0 Å². The summed E-state index contributed by atoms with van der Waals surface area (Å²) in [4.78, 5) is 2.72. The molecule has 104 valence electrons. The van der Waals surface area contributed by atoms with Crippen molar-refractivity contribution in [3.05, 3.63) is 0 Å². The van der Waals surface area contributed by atoms with Crippen LogP contribution in [0.25, 0.3) is 0 Å². The third-order valence-corrected chi connectivity index (χ3v) is 4.91. The number of rotatable bonds is 4. The van der Waals surface area contributed by atoms with E-state index in [1.54, 1.807) is 0 Å². The van der Waals surface area contributed by atoms with Gasteiger partial charge in [-0.05, 0) is 44.6 Å². The van der Waals surface area contributed by atoms with E-state index in [1.165, 1.54) is 51.6 Å². The van der Waals surface area contributed by atoms with Gasteiger partial charge in [0.25, 0.3) is 0 Å². The highest BCUT2D eigenvalue weighted by Crippen LogP contribution is 2.35. The van der Waals surface area contributed by atoms with Gasteiger partial charge >= 0.3 is 0 Å². The lowest BCUT2D eigenvalue weighted by molar-refractivity contribution is -0.183. The van der Waals surface area contributed by atoms with Crippen LogP contribution in [0.3, 0.4) is 0 Å². The molecule has 3 aliphatic rings. The quantitative estimate of drug-likeness (QED) is 0.769. The Morgan fingerprint density at radius 1 is 0.889 bits per heavy atom. The van der Waals surface area contributed by atoms with E-state index < -0.39 is 0 Å². The molecular formula is C15H27NO2. The maximum atomic E-state index is 5.65. The molecule has 2 heterocycles. The lowest BCUT2D eigenvalue weighted by atomic mass is 9.96. The van der Waals surface area contributed by atoms with Crippen LogP contribution in [0.2, 0.25) is 0 Å². The van der Waals surface area contributed by atoms with Gasteiger partial charge in [-0.1, -0.05) is 12.8 Å². The molecule has 0 spiro atoms. The van der Waals surface area contributed by atoms with E-state index >= 15 is 0 Å². The number of likely N-dealkylation sites (tertiary alicyclic amines) is 1. The highest BCUT2D eigenvalue weighted by atomic mass is 16.7. The molecule has 0 aromatic carbocycles. The zero-order valence-corrected chi connectivity index (χ0v) is 11.5. The number of ether oxygens (including phenoxy) is 2. The summed E-state index contributed by atoms with van der Waals surface area (Å²) in [5, 5.41) is 0. The topological polar surface area (TPSA) is 21.7 Å². The molecule has 18 heavy (non-hydrogen) atoms. The minimum atomic E-state index is 0.0728. The van der Waals surface area contributed by atoms with Crippen molar-refractivity contribution in [2.75, 3.05) is 26.3 Å². The van der Waals surface area contributed by atoms with Gasteiger partial charge in [0, 0.05) is 19.0 Å². The molecule has 3 heteroatoms. The summed E-state index contributed by atoms with van der Waals surface area (Å²) in [6.07, 6.45) is 10.9. The van der Waals surface area contributed by atoms with Crippen LogP contribution in [0.5, 0.6) is 0 Å². The van der Waals surface area contributed by atoms with Crippen LogP contribution in [0, 0.1) is 5.92 Å². The predicted molar refractivity (Wildman–Crippen MR) is 71.5 cm³/mol. The number of nitrogens with zero attached hydrogens (tertiary/aromatic N) is 1. The normalized spacial score (nSPS) is 32.3. The van der Waals surface area contributed by atoms with Gasteiger partial charge in [0.15, 0.2) is 6.29 Å². The Bertz CT molecular complexity index is 247. The molecule has 0 amide bonds. The monoisotopic (exact) mass is 253 g/mol. The first-order valence-electron chi connectivity index (χ1n) is 7.91. The fourth-order valence-electron chi connectivity index (χ4n) is 3.98. The molecular weight excluding hydrogens is 226 g/mol. The molecule has 0 bridgehead atoms. The van der Waals surface area contributed by atoms with Crippen LogP contribution in [-0.4, -0.2) is 43.5 Å². The minimum absolute atomic E-state index is 0.0728. The Balaban J connectivity index is 1.45. The summed E-state index contributed by atoms with van der Waals surface area (Å²) in [5.74, 6) is 0.987. The average Bonchev–Trinajstić information content (AvgIpc) is 3.08. The van der Waals surface area contributed by atoms with E-state index in [-0.39, 0.29) is 6.29 Å². The van der Waals surface area contributed by atoms with E-state index in [0.29, 0.717) is 0 Å². The zero-order valence-electron chi connectivity index (χ0n) is 11.5. The molecule has 3 rings (SSSR count). The zero-order chi connectivity index (χ0) is 12.2. The smallest absolute Gasteiger partial charge is 0.158 e. The Morgan fingerprint density at radius 2 is 1.67 bits per heavy atom. The first-order valence-corrected chi connectivity index (χ1v) is 7.91. The van der Waals surface area contributed by atoms with Crippen molar-refractivity contribution < 1.29 is 9.47 Å². The van der Waals surface area contributed by atoms with Crippen LogP contribution in [0.15, 0.2) is 0 Å². The summed E-state index contributed by atoms with van der Waals surface area (Å²) in [6.45, 7) is 4.24. The third kappa shape index (κ3) is 3.06. The fourth-order valence-corrected chi connectivity index (χ4v) is 3.98. The summed E-state index contributed by atoms with van der Waals surface area (Å²) >= 11 is 0. The van der Waals surface area contributed by atoms with E-state index in [2.05, 4.69) is 4.90 Å². The summed E-state index contributed by atoms with van der Waals surface area (Å²) in [5.41, 5.74) is 0. The fraction of sp³-hybridized carbons (Fsp3) is 1.00. The van der Waals surface area contributed by atoms with E-state index in [0.717, 1.165) is 38.0 Å². The predicted octanol–water partition coefficient (Wildman–Crippen LogP) is 2.79. The van der Waals surface area contributed by atoms with Gasteiger partial charge in [0.2, 0.25) is 0 Å². The molecule has 1 unspecified atom stereocenters. The van der Waals surface area contributed by atoms with Crippen molar-refractivity contribution in [2.24, 2.45) is 5.92 Å². The number of hydrogen-bond acceptors (Lipinski definition) is 3. The summed E-state index contributed by atoms with van der Waals surface area (Å²) in [6, 6.07) is 0.871. The van der Waals surface area contributed by atoms with Gasteiger partial charge in [0.05, 0.1) is 13.2 Å². The van der Waals surface area contributed by atoms with Gasteiger partial charge in [-0.25, -0.2) is 0 Å². The molecule has 1 atom stereocenters. The number of hydrogen-bond donors (Lipinski definition) is 0. The van der Waals surface area contributed by atoms with Gasteiger partial charge in [0.1, 0.15) is 0 Å². The molecule has 0 aromatic heterocycles. The Kier molecular flexibility index (Phi) is 4.55.